The zero-order valence-corrected chi connectivity index (χ0v) is 13.7. The minimum atomic E-state index is 0.560. The molecule has 0 amide bonds. The van der Waals surface area contributed by atoms with Gasteiger partial charge in [0.15, 0.2) is 0 Å². The highest BCUT2D eigenvalue weighted by Crippen LogP contribution is 2.37. The molecule has 1 saturated carbocycles. The molecule has 1 aliphatic rings. The van der Waals surface area contributed by atoms with Crippen molar-refractivity contribution in [3.8, 4) is 0 Å². The van der Waals surface area contributed by atoms with Crippen molar-refractivity contribution >= 4 is 22.7 Å². The summed E-state index contributed by atoms with van der Waals surface area (Å²) < 4.78 is 0. The van der Waals surface area contributed by atoms with Gasteiger partial charge < -0.3 is 5.32 Å². The van der Waals surface area contributed by atoms with Crippen LogP contribution >= 0.6 is 22.7 Å². The van der Waals surface area contributed by atoms with E-state index in [9.17, 15) is 0 Å². The molecule has 3 rings (SSSR count). The number of rotatable bonds is 6. The van der Waals surface area contributed by atoms with Crippen LogP contribution in [0.25, 0.3) is 0 Å². The van der Waals surface area contributed by atoms with Crippen LogP contribution in [-0.4, -0.2) is 0 Å². The molecule has 0 radical (unpaired) electrons. The van der Waals surface area contributed by atoms with Gasteiger partial charge in [-0.25, -0.2) is 0 Å². The molecule has 0 saturated heterocycles. The van der Waals surface area contributed by atoms with Crippen LogP contribution in [-0.2, 0) is 13.0 Å². The second kappa shape index (κ2) is 6.88. The fourth-order valence-corrected chi connectivity index (χ4v) is 4.98. The molecule has 1 fully saturated rings. The fourth-order valence-electron chi connectivity index (χ4n) is 3.18. The van der Waals surface area contributed by atoms with Crippen LogP contribution in [0.4, 0.5) is 0 Å². The molecule has 1 aliphatic carbocycles. The van der Waals surface area contributed by atoms with Crippen molar-refractivity contribution in [2.24, 2.45) is 5.92 Å². The van der Waals surface area contributed by atoms with Crippen LogP contribution < -0.4 is 5.32 Å². The molecule has 0 bridgehead atoms. The largest absolute Gasteiger partial charge is 0.304 e. The maximum Gasteiger partial charge on any atom is 0.0446 e. The Labute approximate surface area is 130 Å². The van der Waals surface area contributed by atoms with Crippen LogP contribution in [0.2, 0.25) is 0 Å². The Morgan fingerprint density at radius 3 is 2.65 bits per heavy atom. The molecule has 0 aliphatic heterocycles. The van der Waals surface area contributed by atoms with E-state index in [1.807, 2.05) is 22.7 Å². The van der Waals surface area contributed by atoms with E-state index in [-0.39, 0.29) is 0 Å². The van der Waals surface area contributed by atoms with E-state index in [0.29, 0.717) is 6.04 Å². The van der Waals surface area contributed by atoms with Crippen LogP contribution in [0, 0.1) is 5.92 Å². The first kappa shape index (κ1) is 14.3. The van der Waals surface area contributed by atoms with Gasteiger partial charge in [0.2, 0.25) is 0 Å². The average Bonchev–Trinajstić information content (AvgIpc) is 3.22. The average molecular weight is 306 g/mol. The standard InChI is InChI=1S/C17H23NS2/c1-2-14-9-10-15(20-14)12-18-17(13-6-3-4-7-13)16-8-5-11-19-16/h5,8-11,13,17-18H,2-4,6-7,12H2,1H3. The summed E-state index contributed by atoms with van der Waals surface area (Å²) in [5.41, 5.74) is 0. The lowest BCUT2D eigenvalue weighted by molar-refractivity contribution is 0.372. The van der Waals surface area contributed by atoms with Crippen molar-refractivity contribution in [3.05, 3.63) is 44.3 Å². The Balaban J connectivity index is 1.66. The first-order valence-electron chi connectivity index (χ1n) is 7.71. The molecule has 20 heavy (non-hydrogen) atoms. The molecule has 3 heteroatoms. The molecule has 1 nitrogen and oxygen atoms in total. The zero-order valence-electron chi connectivity index (χ0n) is 12.1. The summed E-state index contributed by atoms with van der Waals surface area (Å²) in [4.78, 5) is 4.49. The summed E-state index contributed by atoms with van der Waals surface area (Å²) in [6.07, 6.45) is 6.75. The molecule has 2 heterocycles. The second-order valence-electron chi connectivity index (χ2n) is 5.64. The van der Waals surface area contributed by atoms with Gasteiger partial charge in [-0.15, -0.1) is 22.7 Å². The van der Waals surface area contributed by atoms with Gasteiger partial charge in [-0.05, 0) is 48.8 Å². The highest BCUT2D eigenvalue weighted by Gasteiger charge is 2.26. The quantitative estimate of drug-likeness (QED) is 0.754. The number of hydrogen-bond acceptors (Lipinski definition) is 3. The second-order valence-corrected chi connectivity index (χ2v) is 7.87. The summed E-state index contributed by atoms with van der Waals surface area (Å²) >= 11 is 3.86. The molecule has 0 aromatic carbocycles. The molecule has 0 spiro atoms. The summed E-state index contributed by atoms with van der Waals surface area (Å²) in [5.74, 6) is 0.833. The van der Waals surface area contributed by atoms with Crippen LogP contribution in [0.15, 0.2) is 29.6 Å². The first-order chi connectivity index (χ1) is 9.86. The molecule has 2 aromatic heterocycles. The third-order valence-corrected chi connectivity index (χ3v) is 6.47. The van der Waals surface area contributed by atoms with Crippen molar-refractivity contribution < 1.29 is 0 Å². The van der Waals surface area contributed by atoms with Gasteiger partial charge in [-0.2, -0.15) is 0 Å². The Morgan fingerprint density at radius 1 is 1.20 bits per heavy atom. The smallest absolute Gasteiger partial charge is 0.0446 e. The molecular formula is C17H23NS2. The predicted molar refractivity (Wildman–Crippen MR) is 89.6 cm³/mol. The Hall–Kier alpha value is -0.640. The fraction of sp³-hybridized carbons (Fsp3) is 0.529. The normalized spacial score (nSPS) is 17.6. The van der Waals surface area contributed by atoms with Crippen molar-refractivity contribution in [2.75, 3.05) is 0 Å². The van der Waals surface area contributed by atoms with E-state index in [1.54, 1.807) is 0 Å². The first-order valence-corrected chi connectivity index (χ1v) is 9.41. The lowest BCUT2D eigenvalue weighted by atomic mass is 9.96. The molecular weight excluding hydrogens is 282 g/mol. The molecule has 1 unspecified atom stereocenters. The Kier molecular flexibility index (Phi) is 4.92. The highest BCUT2D eigenvalue weighted by molar-refractivity contribution is 7.12. The van der Waals surface area contributed by atoms with Gasteiger partial charge in [-0.3, -0.25) is 0 Å². The molecule has 1 atom stereocenters. The van der Waals surface area contributed by atoms with E-state index >= 15 is 0 Å². The summed E-state index contributed by atoms with van der Waals surface area (Å²) in [7, 11) is 0. The van der Waals surface area contributed by atoms with Crippen molar-refractivity contribution in [1.82, 2.24) is 5.32 Å². The molecule has 108 valence electrons. The summed E-state index contributed by atoms with van der Waals surface area (Å²) in [6.45, 7) is 3.25. The number of hydrogen-bond donors (Lipinski definition) is 1. The Morgan fingerprint density at radius 2 is 2.00 bits per heavy atom. The summed E-state index contributed by atoms with van der Waals surface area (Å²) in [6, 6.07) is 9.61. The molecule has 2 aromatic rings. The molecule has 1 N–H and O–H groups in total. The van der Waals surface area contributed by atoms with Gasteiger partial charge in [-0.1, -0.05) is 25.8 Å². The van der Waals surface area contributed by atoms with Crippen LogP contribution in [0.5, 0.6) is 0 Å². The van der Waals surface area contributed by atoms with E-state index in [0.717, 1.165) is 18.9 Å². The van der Waals surface area contributed by atoms with E-state index in [2.05, 4.69) is 41.9 Å². The van der Waals surface area contributed by atoms with E-state index in [4.69, 9.17) is 0 Å². The maximum atomic E-state index is 3.84. The lowest BCUT2D eigenvalue weighted by Crippen LogP contribution is -2.25. The topological polar surface area (TPSA) is 12.0 Å². The third kappa shape index (κ3) is 3.33. The van der Waals surface area contributed by atoms with E-state index in [1.165, 1.54) is 40.3 Å². The van der Waals surface area contributed by atoms with Crippen LogP contribution in [0.3, 0.4) is 0 Å². The van der Waals surface area contributed by atoms with Gasteiger partial charge in [0, 0.05) is 27.2 Å². The Bertz CT molecular complexity index is 509. The number of aryl methyl sites for hydroxylation is 1. The van der Waals surface area contributed by atoms with Crippen LogP contribution in [0.1, 0.15) is 53.3 Å². The minimum absolute atomic E-state index is 0.560. The zero-order chi connectivity index (χ0) is 13.8. The van der Waals surface area contributed by atoms with Crippen molar-refractivity contribution in [3.63, 3.8) is 0 Å². The van der Waals surface area contributed by atoms with Gasteiger partial charge >= 0.3 is 0 Å². The highest BCUT2D eigenvalue weighted by atomic mass is 32.1. The van der Waals surface area contributed by atoms with Crippen molar-refractivity contribution in [1.29, 1.82) is 0 Å². The predicted octanol–water partition coefficient (Wildman–Crippen LogP) is 5.39. The summed E-state index contributed by atoms with van der Waals surface area (Å²) in [5, 5.41) is 6.05. The minimum Gasteiger partial charge on any atom is -0.304 e. The number of nitrogens with one attached hydrogen (secondary N) is 1. The SMILES string of the molecule is CCc1ccc(CNC(c2cccs2)C2CCCC2)s1. The van der Waals surface area contributed by atoms with Gasteiger partial charge in [0.25, 0.3) is 0 Å². The number of thiophene rings is 2. The van der Waals surface area contributed by atoms with Gasteiger partial charge in [0.1, 0.15) is 0 Å². The lowest BCUT2D eigenvalue weighted by Gasteiger charge is -2.23. The maximum absolute atomic E-state index is 3.84. The van der Waals surface area contributed by atoms with Crippen molar-refractivity contribution in [2.45, 2.75) is 51.6 Å². The monoisotopic (exact) mass is 305 g/mol. The van der Waals surface area contributed by atoms with Gasteiger partial charge in [0.05, 0.1) is 0 Å². The van der Waals surface area contributed by atoms with E-state index < -0.39 is 0 Å². The third-order valence-electron chi connectivity index (χ3n) is 4.28.